The second-order valence-corrected chi connectivity index (χ2v) is 26.2. The van der Waals surface area contributed by atoms with Crippen molar-refractivity contribution < 1.29 is 20.3 Å². The Hall–Kier alpha value is -2.24. The van der Waals surface area contributed by atoms with E-state index in [1.54, 1.807) is 55.7 Å². The van der Waals surface area contributed by atoms with Crippen LogP contribution in [-0.4, -0.2) is 0 Å². The monoisotopic (exact) mass is 612 g/mol. The summed E-state index contributed by atoms with van der Waals surface area (Å²) in [5, 5.41) is 0. The average molecular weight is 614 g/mol. The summed E-state index contributed by atoms with van der Waals surface area (Å²) in [5.41, 5.74) is 20.8. The van der Waals surface area contributed by atoms with Crippen molar-refractivity contribution in [2.45, 2.75) is 80.7 Å². The molecule has 1 aliphatic heterocycles. The van der Waals surface area contributed by atoms with Gasteiger partial charge in [0.25, 0.3) is 0 Å². The molecule has 6 aliphatic carbocycles. The fourth-order valence-electron chi connectivity index (χ4n) is 10.6. The fraction of sp³-hybridized carbons (Fsp3) is 0.400. The van der Waals surface area contributed by atoms with Crippen molar-refractivity contribution in [1.82, 2.24) is 0 Å². The minimum atomic E-state index is -3.03. The van der Waals surface area contributed by atoms with E-state index in [9.17, 15) is 0 Å². The van der Waals surface area contributed by atoms with E-state index >= 15 is 0 Å². The summed E-state index contributed by atoms with van der Waals surface area (Å²) in [6, 6.07) is 19.4. The molecule has 0 fully saturated rings. The molecule has 7 aliphatic rings. The van der Waals surface area contributed by atoms with Gasteiger partial charge in [0.15, 0.2) is 0 Å². The molecule has 2 aromatic carbocycles. The van der Waals surface area contributed by atoms with E-state index in [1.807, 2.05) is 11.1 Å². The molecule has 1 heterocycles. The van der Waals surface area contributed by atoms with Crippen LogP contribution in [0.25, 0.3) is 11.1 Å². The molecule has 4 bridgehead atoms. The van der Waals surface area contributed by atoms with Gasteiger partial charge < -0.3 is 0 Å². The number of hydrogen-bond acceptors (Lipinski definition) is 0. The molecule has 41 heavy (non-hydrogen) atoms. The summed E-state index contributed by atoms with van der Waals surface area (Å²) in [6.45, 7) is 0. The summed E-state index contributed by atoms with van der Waals surface area (Å²) < 4.78 is 7.01. The van der Waals surface area contributed by atoms with Crippen molar-refractivity contribution in [3.05, 3.63) is 129 Å². The van der Waals surface area contributed by atoms with Gasteiger partial charge in [-0.05, 0) is 0 Å². The molecule has 1 heteroatoms. The molecule has 0 amide bonds. The number of rotatable bonds is 2. The second-order valence-electron chi connectivity index (χ2n) is 14.4. The van der Waals surface area contributed by atoms with Crippen LogP contribution < -0.4 is 0 Å². The van der Waals surface area contributed by atoms with Gasteiger partial charge in [-0.2, -0.15) is 0 Å². The number of fused-ring (bicyclic) bond motifs is 8. The standard InChI is InChI=1S/C38H36.2CH3.Zr/c1-5-13-29-25(9-1)17-19-33(29)37-23-27-11-3-7-15-31(27)35(37)21-22-36-32-16-8-4-12-28(32)24-38(36)34-20-18-26-10-2-6-14-30(26)34;;;/h3-4,7-8,11-12,15-20,23-24,33-34H,1-2,5-6,9-10,13-14,21-22H2;2*1H3;. The molecular weight excluding hydrogens is 572 g/mol. The Morgan fingerprint density at radius 1 is 0.537 bits per heavy atom. The number of allylic oxidation sites excluding steroid dienone is 12. The Morgan fingerprint density at radius 2 is 0.976 bits per heavy atom. The zero-order chi connectivity index (χ0) is 27.3. The van der Waals surface area contributed by atoms with Gasteiger partial charge in [0.05, 0.1) is 0 Å². The van der Waals surface area contributed by atoms with Crippen LogP contribution in [0.3, 0.4) is 0 Å². The third kappa shape index (κ3) is 3.54. The van der Waals surface area contributed by atoms with E-state index in [0.717, 1.165) is 0 Å². The van der Waals surface area contributed by atoms with Crippen molar-refractivity contribution >= 4 is 11.1 Å². The van der Waals surface area contributed by atoms with Crippen molar-refractivity contribution in [1.29, 1.82) is 0 Å². The van der Waals surface area contributed by atoms with Gasteiger partial charge in [0.2, 0.25) is 0 Å². The van der Waals surface area contributed by atoms with Gasteiger partial charge in [0.1, 0.15) is 0 Å². The topological polar surface area (TPSA) is 0 Å². The molecule has 0 radical (unpaired) electrons. The molecule has 4 atom stereocenters. The second kappa shape index (κ2) is 9.38. The van der Waals surface area contributed by atoms with Crippen LogP contribution in [-0.2, 0) is 20.3 Å². The predicted molar refractivity (Wildman–Crippen MR) is 169 cm³/mol. The van der Waals surface area contributed by atoms with Gasteiger partial charge in [-0.1, -0.05) is 0 Å². The SMILES string of the molecule is [CH3][Zr]1([CH3])[C@H]2C(C3C=CC4=C3CCCC4)=C(CCC3=C(C4C=CC5=C4CCCC5)[C@H]1c1ccccc13)c1ccccc12. The van der Waals surface area contributed by atoms with Gasteiger partial charge >= 0.3 is 252 Å². The van der Waals surface area contributed by atoms with Gasteiger partial charge in [-0.3, -0.25) is 0 Å². The van der Waals surface area contributed by atoms with E-state index in [2.05, 4.69) is 82.1 Å². The molecule has 2 unspecified atom stereocenters. The first-order valence-corrected chi connectivity index (χ1v) is 24.3. The molecule has 0 saturated heterocycles. The summed E-state index contributed by atoms with van der Waals surface area (Å²) in [5.74, 6) is 1.10. The van der Waals surface area contributed by atoms with Crippen LogP contribution in [0.2, 0.25) is 9.26 Å². The molecule has 9 rings (SSSR count). The Balaban J connectivity index is 1.27. The summed E-state index contributed by atoms with van der Waals surface area (Å²) in [7, 11) is 0. The quantitative estimate of drug-likeness (QED) is 0.316. The van der Waals surface area contributed by atoms with Crippen LogP contribution in [0.5, 0.6) is 0 Å². The Kier molecular flexibility index (Phi) is 5.78. The van der Waals surface area contributed by atoms with E-state index < -0.39 is 20.3 Å². The third-order valence-electron chi connectivity index (χ3n) is 12.1. The van der Waals surface area contributed by atoms with Crippen molar-refractivity contribution in [2.24, 2.45) is 11.8 Å². The molecule has 0 nitrogen and oxygen atoms in total. The van der Waals surface area contributed by atoms with Crippen LogP contribution in [0, 0.1) is 11.8 Å². The van der Waals surface area contributed by atoms with E-state index in [-0.39, 0.29) is 0 Å². The minimum absolute atomic E-state index is 0.549. The zero-order valence-corrected chi connectivity index (χ0v) is 27.3. The van der Waals surface area contributed by atoms with Crippen molar-refractivity contribution in [2.75, 3.05) is 0 Å². The van der Waals surface area contributed by atoms with E-state index in [0.29, 0.717) is 19.1 Å². The molecule has 206 valence electrons. The molecular formula is C40H42Zr. The first-order valence-electron chi connectivity index (χ1n) is 16.6. The first-order chi connectivity index (χ1) is 20.1. The summed E-state index contributed by atoms with van der Waals surface area (Å²) in [4.78, 5) is 0. The Labute approximate surface area is 251 Å². The Bertz CT molecular complexity index is 1560. The van der Waals surface area contributed by atoms with Crippen LogP contribution in [0.1, 0.15) is 93.7 Å². The first kappa shape index (κ1) is 25.3. The molecule has 0 saturated carbocycles. The third-order valence-corrected chi connectivity index (χ3v) is 22.5. The van der Waals surface area contributed by atoms with Gasteiger partial charge in [-0.15, -0.1) is 0 Å². The predicted octanol–water partition coefficient (Wildman–Crippen LogP) is 11.2. The molecule has 0 aromatic heterocycles. The molecule has 0 N–H and O–H groups in total. The van der Waals surface area contributed by atoms with E-state index in [4.69, 9.17) is 0 Å². The fourth-order valence-corrected chi connectivity index (χ4v) is 22.3. The van der Waals surface area contributed by atoms with Crippen molar-refractivity contribution in [3.8, 4) is 0 Å². The van der Waals surface area contributed by atoms with Gasteiger partial charge in [0, 0.05) is 0 Å². The van der Waals surface area contributed by atoms with Gasteiger partial charge in [-0.25, -0.2) is 0 Å². The average Bonchev–Trinajstić information content (AvgIpc) is 3.76. The maximum absolute atomic E-state index is 3.03. The summed E-state index contributed by atoms with van der Waals surface area (Å²) >= 11 is -3.03. The Morgan fingerprint density at radius 3 is 1.46 bits per heavy atom. The number of hydrogen-bond donors (Lipinski definition) is 0. The van der Waals surface area contributed by atoms with Crippen molar-refractivity contribution in [3.63, 3.8) is 0 Å². The molecule has 2 aromatic rings. The summed E-state index contributed by atoms with van der Waals surface area (Å²) in [6.07, 6.45) is 23.5. The number of benzene rings is 2. The van der Waals surface area contributed by atoms with Crippen LogP contribution in [0.4, 0.5) is 0 Å². The maximum atomic E-state index is 2.86. The van der Waals surface area contributed by atoms with E-state index in [1.165, 1.54) is 64.2 Å². The molecule has 0 spiro atoms. The van der Waals surface area contributed by atoms with Crippen LogP contribution in [0.15, 0.2) is 106 Å². The zero-order valence-electron chi connectivity index (χ0n) is 24.8. The van der Waals surface area contributed by atoms with Crippen LogP contribution >= 0.6 is 0 Å². The normalized spacial score (nSPS) is 30.8.